The molecule has 18 heteroatoms. The van der Waals surface area contributed by atoms with E-state index in [0.29, 0.717) is 19.3 Å². The second kappa shape index (κ2) is 37.7. The van der Waals surface area contributed by atoms with Crippen LogP contribution in [0.3, 0.4) is 0 Å². The molecule has 376 valence electrons. The molecule has 1 aliphatic rings. The number of ether oxygens (including phenoxy) is 2. The zero-order valence-corrected chi connectivity index (χ0v) is 40.7. The minimum absolute atomic E-state index is 0.0328. The third-order valence-corrected chi connectivity index (χ3v) is 12.1. The monoisotopic (exact) mass is 965 g/mol. The minimum Gasteiger partial charge on any atom is -0.462 e. The molecule has 0 spiro atoms. The van der Waals surface area contributed by atoms with E-state index in [-0.39, 0.29) is 12.8 Å². The number of hydrogen-bond donors (Lipinski definition) is 7. The van der Waals surface area contributed by atoms with E-state index in [9.17, 15) is 53.8 Å². The summed E-state index contributed by atoms with van der Waals surface area (Å²) in [5, 5.41) is 41.2. The van der Waals surface area contributed by atoms with Gasteiger partial charge < -0.3 is 44.6 Å². The molecule has 0 aromatic heterocycles. The van der Waals surface area contributed by atoms with Crippen molar-refractivity contribution >= 4 is 27.6 Å². The Morgan fingerprint density at radius 1 is 0.492 bits per heavy atom. The maximum Gasteiger partial charge on any atom is 0.472 e. The molecule has 1 rings (SSSR count). The van der Waals surface area contributed by atoms with Crippen LogP contribution in [-0.2, 0) is 41.8 Å². The summed E-state index contributed by atoms with van der Waals surface area (Å²) in [6.45, 7) is 3.02. The van der Waals surface area contributed by atoms with Crippen molar-refractivity contribution in [3.05, 3.63) is 60.8 Å². The number of esters is 2. The number of phosphoric acid groups is 2. The first-order valence-corrected chi connectivity index (χ1v) is 26.9. The summed E-state index contributed by atoms with van der Waals surface area (Å²) in [7, 11) is -10.7. The fraction of sp³-hybridized carbons (Fsp3) is 0.745. The summed E-state index contributed by atoms with van der Waals surface area (Å²) < 4.78 is 49.3. The second-order valence-electron chi connectivity index (χ2n) is 16.5. The molecule has 0 saturated heterocycles. The Morgan fingerprint density at radius 2 is 0.908 bits per heavy atom. The van der Waals surface area contributed by atoms with Crippen molar-refractivity contribution in [1.82, 2.24) is 0 Å². The molecule has 0 aromatic carbocycles. The highest BCUT2D eigenvalue weighted by Crippen LogP contribution is 2.49. The van der Waals surface area contributed by atoms with Gasteiger partial charge in [0.2, 0.25) is 0 Å². The van der Waals surface area contributed by atoms with Crippen molar-refractivity contribution in [2.75, 3.05) is 13.2 Å². The van der Waals surface area contributed by atoms with Crippen LogP contribution >= 0.6 is 15.6 Å². The Morgan fingerprint density at radius 3 is 1.43 bits per heavy atom. The first-order valence-electron chi connectivity index (χ1n) is 23.8. The van der Waals surface area contributed by atoms with Gasteiger partial charge in [0, 0.05) is 12.8 Å². The molecule has 1 saturated carbocycles. The van der Waals surface area contributed by atoms with Gasteiger partial charge in [-0.2, -0.15) is 0 Å². The van der Waals surface area contributed by atoms with Crippen LogP contribution in [0.2, 0.25) is 0 Å². The number of unbranched alkanes of at least 4 members (excludes halogenated alkanes) is 15. The lowest BCUT2D eigenvalue weighted by molar-refractivity contribution is -0.216. The van der Waals surface area contributed by atoms with Crippen molar-refractivity contribution in [1.29, 1.82) is 0 Å². The summed E-state index contributed by atoms with van der Waals surface area (Å²) in [5.74, 6) is -1.29. The van der Waals surface area contributed by atoms with Crippen LogP contribution in [0.25, 0.3) is 0 Å². The zero-order valence-electron chi connectivity index (χ0n) is 38.9. The van der Waals surface area contributed by atoms with Crippen LogP contribution < -0.4 is 0 Å². The van der Waals surface area contributed by atoms with Gasteiger partial charge in [0.25, 0.3) is 0 Å². The molecule has 5 unspecified atom stereocenters. The average Bonchev–Trinajstić information content (AvgIpc) is 3.26. The maximum absolute atomic E-state index is 13.0. The quantitative estimate of drug-likeness (QED) is 0.0131. The standard InChI is InChI=1S/C47H82O16P2/c1-3-5-7-9-11-13-15-17-19-20-22-24-26-28-30-32-34-36-41(49)61-39(37-59-40(48)35-33-31-29-27-25-23-21-18-16-14-12-10-8-6-4-2)38-60-65(57,58)63-47-44(52)42(50)43(51)46(45(47)53)62-64(54,55)56/h12,14,17-19,21-22,24,28,30,39,42-47,50-53H,3-11,13,15-16,20,23,25-27,29,31-38H2,1-2H3,(H,57,58)(H2,54,55,56)/b14-12-,19-17-,21-18-,24-22-,30-28-/t39-,42?,43?,44?,45?,46-,47+/m1/s1. The van der Waals surface area contributed by atoms with Gasteiger partial charge in [0.1, 0.15) is 43.2 Å². The van der Waals surface area contributed by atoms with E-state index in [2.05, 4.69) is 67.0 Å². The number of rotatable bonds is 39. The van der Waals surface area contributed by atoms with Crippen molar-refractivity contribution in [2.45, 2.75) is 211 Å². The number of aliphatic hydroxyl groups excluding tert-OH is 4. The van der Waals surface area contributed by atoms with Crippen LogP contribution in [0.15, 0.2) is 60.8 Å². The number of carbonyl (C=O) groups is 2. The normalized spacial score (nSPS) is 22.2. The van der Waals surface area contributed by atoms with Crippen molar-refractivity contribution in [2.24, 2.45) is 0 Å². The largest absolute Gasteiger partial charge is 0.472 e. The van der Waals surface area contributed by atoms with Gasteiger partial charge in [-0.3, -0.25) is 23.2 Å². The predicted molar refractivity (Wildman–Crippen MR) is 250 cm³/mol. The van der Waals surface area contributed by atoms with E-state index in [0.717, 1.165) is 64.2 Å². The lowest BCUT2D eigenvalue weighted by Crippen LogP contribution is -2.64. The van der Waals surface area contributed by atoms with Crippen molar-refractivity contribution in [3.8, 4) is 0 Å². The van der Waals surface area contributed by atoms with Gasteiger partial charge in [0.15, 0.2) is 6.10 Å². The van der Waals surface area contributed by atoms with E-state index < -0.39 is 83.5 Å². The Bertz CT molecular complexity index is 1490. The summed E-state index contributed by atoms with van der Waals surface area (Å²) in [4.78, 5) is 54.2. The summed E-state index contributed by atoms with van der Waals surface area (Å²) in [6.07, 6.45) is 29.0. The smallest absolute Gasteiger partial charge is 0.462 e. The van der Waals surface area contributed by atoms with Gasteiger partial charge in [-0.05, 0) is 77.0 Å². The van der Waals surface area contributed by atoms with E-state index in [1.807, 2.05) is 12.2 Å². The fourth-order valence-corrected chi connectivity index (χ4v) is 8.37. The van der Waals surface area contributed by atoms with Gasteiger partial charge in [-0.15, -0.1) is 0 Å². The fourth-order valence-electron chi connectivity index (χ4n) is 6.84. The van der Waals surface area contributed by atoms with Crippen LogP contribution in [0, 0.1) is 0 Å². The lowest BCUT2D eigenvalue weighted by atomic mass is 9.85. The molecule has 0 heterocycles. The molecule has 8 atom stereocenters. The Balaban J connectivity index is 2.65. The third kappa shape index (κ3) is 32.2. The zero-order chi connectivity index (χ0) is 48.2. The Kier molecular flexibility index (Phi) is 35.2. The summed E-state index contributed by atoms with van der Waals surface area (Å²) in [6, 6.07) is 0. The Hall–Kier alpha value is -2.30. The van der Waals surface area contributed by atoms with Gasteiger partial charge >= 0.3 is 27.6 Å². The van der Waals surface area contributed by atoms with Crippen LogP contribution in [-0.4, -0.2) is 103 Å². The molecule has 1 fully saturated rings. The SMILES string of the molecule is CCCCC/C=C\C/C=C\CCCCCCCC(=O)OC[C@H](COP(=O)(O)O[C@H]1C(O)C(O)C(O)[C@@H](OP(=O)(O)O)C1O)OC(=O)CCC/C=C\C/C=C\C/C=C\CCCCCCCC. The number of aliphatic hydroxyl groups is 4. The minimum atomic E-state index is -5.37. The molecule has 0 radical (unpaired) electrons. The van der Waals surface area contributed by atoms with Crippen LogP contribution in [0.1, 0.15) is 168 Å². The summed E-state index contributed by atoms with van der Waals surface area (Å²) in [5.41, 5.74) is 0. The number of allylic oxidation sites excluding steroid dienone is 10. The van der Waals surface area contributed by atoms with Gasteiger partial charge in [0.05, 0.1) is 6.61 Å². The van der Waals surface area contributed by atoms with Crippen LogP contribution in [0.4, 0.5) is 0 Å². The first kappa shape index (κ1) is 60.7. The highest BCUT2D eigenvalue weighted by Gasteiger charge is 2.54. The molecule has 0 aromatic rings. The molecule has 1 aliphatic carbocycles. The lowest BCUT2D eigenvalue weighted by Gasteiger charge is -2.43. The first-order chi connectivity index (χ1) is 31.1. The van der Waals surface area contributed by atoms with Gasteiger partial charge in [-0.1, -0.05) is 139 Å². The van der Waals surface area contributed by atoms with Crippen molar-refractivity contribution < 1.29 is 76.9 Å². The topological polar surface area (TPSA) is 256 Å². The Labute approximate surface area is 388 Å². The highest BCUT2D eigenvalue weighted by atomic mass is 31.2. The molecule has 7 N–H and O–H groups in total. The van der Waals surface area contributed by atoms with Crippen molar-refractivity contribution in [3.63, 3.8) is 0 Å². The van der Waals surface area contributed by atoms with Crippen LogP contribution in [0.5, 0.6) is 0 Å². The third-order valence-electron chi connectivity index (χ3n) is 10.6. The highest BCUT2D eigenvalue weighted by molar-refractivity contribution is 7.47. The van der Waals surface area contributed by atoms with E-state index in [4.69, 9.17) is 18.5 Å². The average molecular weight is 965 g/mol. The molecule has 0 amide bonds. The maximum atomic E-state index is 13.0. The van der Waals surface area contributed by atoms with Gasteiger partial charge in [-0.25, -0.2) is 9.13 Å². The number of carbonyl (C=O) groups excluding carboxylic acids is 2. The van der Waals surface area contributed by atoms with E-state index >= 15 is 0 Å². The van der Waals surface area contributed by atoms with E-state index in [1.165, 1.54) is 57.8 Å². The molecular formula is C47H82O16P2. The molecule has 65 heavy (non-hydrogen) atoms. The molecule has 0 bridgehead atoms. The number of phosphoric ester groups is 2. The predicted octanol–water partition coefficient (Wildman–Crippen LogP) is 9.06. The molecular weight excluding hydrogens is 882 g/mol. The van der Waals surface area contributed by atoms with E-state index in [1.54, 1.807) is 0 Å². The molecule has 16 nitrogen and oxygen atoms in total. The second-order valence-corrected chi connectivity index (χ2v) is 19.1. The number of hydrogen-bond acceptors (Lipinski definition) is 13. The molecule has 0 aliphatic heterocycles. The summed E-state index contributed by atoms with van der Waals surface area (Å²) >= 11 is 0.